The number of hydrogen-bond acceptors (Lipinski definition) is 4. The van der Waals surface area contributed by atoms with Crippen LogP contribution in [0.5, 0.6) is 0 Å². The topological polar surface area (TPSA) is 47.0 Å². The fourth-order valence-corrected chi connectivity index (χ4v) is 2.90. The zero-order chi connectivity index (χ0) is 17.5. The third-order valence-corrected chi connectivity index (χ3v) is 4.52. The van der Waals surface area contributed by atoms with Gasteiger partial charge in [0.25, 0.3) is 0 Å². The van der Waals surface area contributed by atoms with Gasteiger partial charge in [-0.05, 0) is 31.2 Å². The van der Waals surface area contributed by atoms with Crippen LogP contribution < -0.4 is 0 Å². The second kappa shape index (κ2) is 9.11. The SMILES string of the molecule is CN1CCN(CC(O)CN(C)C(=O)CCc2ccc(F)cc2)CC1. The number of aryl methyl sites for hydroxylation is 1. The van der Waals surface area contributed by atoms with Gasteiger partial charge in [0, 0.05) is 52.7 Å². The van der Waals surface area contributed by atoms with Crippen molar-refractivity contribution in [1.29, 1.82) is 0 Å². The Kier molecular flexibility index (Phi) is 7.15. The lowest BCUT2D eigenvalue weighted by atomic mass is 10.1. The summed E-state index contributed by atoms with van der Waals surface area (Å²) in [5.74, 6) is -0.272. The van der Waals surface area contributed by atoms with E-state index in [1.54, 1.807) is 24.1 Å². The average Bonchev–Trinajstić information content (AvgIpc) is 2.56. The Balaban J connectivity index is 1.69. The number of nitrogens with zero attached hydrogens (tertiary/aromatic N) is 3. The lowest BCUT2D eigenvalue weighted by molar-refractivity contribution is -0.131. The number of aliphatic hydroxyl groups excluding tert-OH is 1. The highest BCUT2D eigenvalue weighted by Gasteiger charge is 2.19. The second-order valence-corrected chi connectivity index (χ2v) is 6.66. The zero-order valence-corrected chi connectivity index (χ0v) is 14.6. The van der Waals surface area contributed by atoms with Gasteiger partial charge in [-0.25, -0.2) is 4.39 Å². The molecule has 2 rings (SSSR count). The van der Waals surface area contributed by atoms with Crippen molar-refractivity contribution in [1.82, 2.24) is 14.7 Å². The van der Waals surface area contributed by atoms with Gasteiger partial charge in [0.05, 0.1) is 6.10 Å². The lowest BCUT2D eigenvalue weighted by Crippen LogP contribution is -2.49. The van der Waals surface area contributed by atoms with Crippen LogP contribution in [0.15, 0.2) is 24.3 Å². The van der Waals surface area contributed by atoms with E-state index < -0.39 is 6.10 Å². The molecule has 1 N–H and O–H groups in total. The molecule has 0 radical (unpaired) electrons. The normalized spacial score (nSPS) is 17.7. The molecule has 1 atom stereocenters. The molecule has 24 heavy (non-hydrogen) atoms. The van der Waals surface area contributed by atoms with Gasteiger partial charge in [-0.3, -0.25) is 9.69 Å². The predicted molar refractivity (Wildman–Crippen MR) is 92.3 cm³/mol. The van der Waals surface area contributed by atoms with Crippen LogP contribution in [0, 0.1) is 5.82 Å². The Morgan fingerprint density at radius 2 is 1.88 bits per heavy atom. The molecule has 1 aliphatic rings. The first-order valence-electron chi connectivity index (χ1n) is 8.51. The number of rotatable bonds is 7. The molecule has 0 aliphatic carbocycles. The molecule has 1 fully saturated rings. The highest BCUT2D eigenvalue weighted by atomic mass is 19.1. The smallest absolute Gasteiger partial charge is 0.222 e. The van der Waals surface area contributed by atoms with E-state index in [9.17, 15) is 14.3 Å². The molecule has 1 saturated heterocycles. The predicted octanol–water partition coefficient (Wildman–Crippen LogP) is 0.825. The van der Waals surface area contributed by atoms with Gasteiger partial charge >= 0.3 is 0 Å². The number of benzene rings is 1. The number of halogens is 1. The summed E-state index contributed by atoms with van der Waals surface area (Å²) in [5, 5.41) is 10.2. The summed E-state index contributed by atoms with van der Waals surface area (Å²) in [7, 11) is 3.82. The van der Waals surface area contributed by atoms with Gasteiger partial charge in [-0.15, -0.1) is 0 Å². The number of carbonyl (C=O) groups is 1. The first-order chi connectivity index (χ1) is 11.4. The van der Waals surface area contributed by atoms with Crippen LogP contribution in [-0.4, -0.2) is 85.2 Å². The highest BCUT2D eigenvalue weighted by molar-refractivity contribution is 5.76. The van der Waals surface area contributed by atoms with Gasteiger partial charge < -0.3 is 14.9 Å². The molecule has 5 nitrogen and oxygen atoms in total. The van der Waals surface area contributed by atoms with Crippen LogP contribution in [0.1, 0.15) is 12.0 Å². The van der Waals surface area contributed by atoms with E-state index in [2.05, 4.69) is 16.8 Å². The molecule has 1 unspecified atom stereocenters. The third-order valence-electron chi connectivity index (χ3n) is 4.52. The minimum absolute atomic E-state index is 0.00301. The van der Waals surface area contributed by atoms with E-state index in [-0.39, 0.29) is 11.7 Å². The third kappa shape index (κ3) is 6.19. The van der Waals surface area contributed by atoms with Gasteiger partial charge in [0.15, 0.2) is 0 Å². The number of carbonyl (C=O) groups excluding carboxylic acids is 1. The maximum atomic E-state index is 12.9. The Labute approximate surface area is 143 Å². The van der Waals surface area contributed by atoms with Crippen molar-refractivity contribution in [2.45, 2.75) is 18.9 Å². The molecule has 0 saturated carbocycles. The van der Waals surface area contributed by atoms with E-state index >= 15 is 0 Å². The number of piperazine rings is 1. The number of β-amino-alcohol motifs (C(OH)–C–C–N with tert-alkyl or cyclic N) is 1. The summed E-state index contributed by atoms with van der Waals surface area (Å²) in [6, 6.07) is 6.21. The molecule has 0 spiro atoms. The maximum absolute atomic E-state index is 12.9. The first-order valence-corrected chi connectivity index (χ1v) is 8.51. The molecule has 1 heterocycles. The Morgan fingerprint density at radius 1 is 1.25 bits per heavy atom. The minimum Gasteiger partial charge on any atom is -0.390 e. The van der Waals surface area contributed by atoms with Gasteiger partial charge in [-0.2, -0.15) is 0 Å². The summed E-state index contributed by atoms with van der Waals surface area (Å²) < 4.78 is 12.9. The van der Waals surface area contributed by atoms with Crippen LogP contribution >= 0.6 is 0 Å². The minimum atomic E-state index is -0.534. The van der Waals surface area contributed by atoms with Crippen LogP contribution in [0.3, 0.4) is 0 Å². The van der Waals surface area contributed by atoms with Crippen molar-refractivity contribution in [3.63, 3.8) is 0 Å². The lowest BCUT2D eigenvalue weighted by Gasteiger charge is -2.34. The monoisotopic (exact) mass is 337 g/mol. The number of hydrogen-bond donors (Lipinski definition) is 1. The highest BCUT2D eigenvalue weighted by Crippen LogP contribution is 2.07. The molecule has 1 aromatic carbocycles. The standard InChI is InChI=1S/C18H28FN3O2/c1-20-9-11-22(12-10-20)14-17(23)13-21(2)18(24)8-5-15-3-6-16(19)7-4-15/h3-4,6-7,17,23H,5,8-14H2,1-2H3. The fraction of sp³-hybridized carbons (Fsp3) is 0.611. The summed E-state index contributed by atoms with van der Waals surface area (Å²) in [6.07, 6.45) is 0.412. The molecule has 1 aliphatic heterocycles. The molecule has 0 bridgehead atoms. The van der Waals surface area contributed by atoms with Crippen molar-refractivity contribution >= 4 is 5.91 Å². The average molecular weight is 337 g/mol. The number of aliphatic hydroxyl groups is 1. The first kappa shape index (κ1) is 18.8. The van der Waals surface area contributed by atoms with Crippen LogP contribution in [-0.2, 0) is 11.2 Å². The summed E-state index contributed by atoms with van der Waals surface area (Å²) in [5.41, 5.74) is 0.941. The fourth-order valence-electron chi connectivity index (χ4n) is 2.90. The van der Waals surface area contributed by atoms with Crippen molar-refractivity contribution in [2.24, 2.45) is 0 Å². The van der Waals surface area contributed by atoms with Crippen molar-refractivity contribution in [3.05, 3.63) is 35.6 Å². The molecule has 134 valence electrons. The number of amides is 1. The summed E-state index contributed by atoms with van der Waals surface area (Å²) >= 11 is 0. The van der Waals surface area contributed by atoms with Crippen molar-refractivity contribution in [2.75, 3.05) is 53.4 Å². The zero-order valence-electron chi connectivity index (χ0n) is 14.6. The maximum Gasteiger partial charge on any atom is 0.222 e. The molecular formula is C18H28FN3O2. The second-order valence-electron chi connectivity index (χ2n) is 6.66. The Hall–Kier alpha value is -1.50. The van der Waals surface area contributed by atoms with E-state index in [0.717, 1.165) is 31.7 Å². The molecule has 1 amide bonds. The van der Waals surface area contributed by atoms with Gasteiger partial charge in [0.1, 0.15) is 5.82 Å². The molecule has 0 aromatic heterocycles. The Morgan fingerprint density at radius 3 is 2.50 bits per heavy atom. The van der Waals surface area contributed by atoms with E-state index in [0.29, 0.717) is 25.9 Å². The van der Waals surface area contributed by atoms with E-state index in [1.165, 1.54) is 12.1 Å². The molecular weight excluding hydrogens is 309 g/mol. The van der Waals surface area contributed by atoms with Crippen LogP contribution in [0.25, 0.3) is 0 Å². The quantitative estimate of drug-likeness (QED) is 0.800. The summed E-state index contributed by atoms with van der Waals surface area (Å²) in [4.78, 5) is 18.3. The van der Waals surface area contributed by atoms with E-state index in [4.69, 9.17) is 0 Å². The van der Waals surface area contributed by atoms with Crippen LogP contribution in [0.2, 0.25) is 0 Å². The number of likely N-dealkylation sites (N-methyl/N-ethyl adjacent to an activating group) is 2. The molecule has 6 heteroatoms. The van der Waals surface area contributed by atoms with Crippen molar-refractivity contribution in [3.8, 4) is 0 Å². The van der Waals surface area contributed by atoms with E-state index in [1.807, 2.05) is 0 Å². The summed E-state index contributed by atoms with van der Waals surface area (Å²) in [6.45, 7) is 4.88. The van der Waals surface area contributed by atoms with Gasteiger partial charge in [-0.1, -0.05) is 12.1 Å². The van der Waals surface area contributed by atoms with Crippen molar-refractivity contribution < 1.29 is 14.3 Å². The largest absolute Gasteiger partial charge is 0.390 e. The van der Waals surface area contributed by atoms with Gasteiger partial charge in [0.2, 0.25) is 5.91 Å². The van der Waals surface area contributed by atoms with Crippen LogP contribution in [0.4, 0.5) is 4.39 Å². The molecule has 1 aromatic rings. The Bertz CT molecular complexity index is 516.